The van der Waals surface area contributed by atoms with Crippen molar-refractivity contribution >= 4 is 33.6 Å². The number of rotatable bonds is 7. The lowest BCUT2D eigenvalue weighted by Gasteiger charge is -2.12. The number of hydrogen-bond acceptors (Lipinski definition) is 5. The molecule has 12 heteroatoms. The summed E-state index contributed by atoms with van der Waals surface area (Å²) in [4.78, 5) is 25.3. The fraction of sp³-hybridized carbons (Fsp3) is 0.333. The summed E-state index contributed by atoms with van der Waals surface area (Å²) in [5.41, 5.74) is -0.143. The van der Waals surface area contributed by atoms with E-state index in [4.69, 9.17) is 4.74 Å². The number of amides is 1. The van der Waals surface area contributed by atoms with Crippen LogP contribution in [-0.4, -0.2) is 38.0 Å². The topological polar surface area (TPSA) is 91.0 Å². The second-order valence-electron chi connectivity index (χ2n) is 7.40. The van der Waals surface area contributed by atoms with Gasteiger partial charge in [0, 0.05) is 5.92 Å². The van der Waals surface area contributed by atoms with E-state index in [2.05, 4.69) is 31.4 Å². The Hall–Kier alpha value is -3.15. The molecule has 0 saturated heterocycles. The van der Waals surface area contributed by atoms with Gasteiger partial charge in [0.15, 0.2) is 11.5 Å². The van der Waals surface area contributed by atoms with Crippen LogP contribution in [0, 0.1) is 0 Å². The molecule has 2 aromatic heterocycles. The highest BCUT2D eigenvalue weighted by molar-refractivity contribution is 9.10. The first kappa shape index (κ1) is 23.0. The Morgan fingerprint density at radius 2 is 1.94 bits per heavy atom. The molecule has 0 spiro atoms. The number of carbonyl (C=O) groups is 2. The van der Waals surface area contributed by atoms with Crippen molar-refractivity contribution < 1.29 is 27.5 Å². The first-order valence-electron chi connectivity index (χ1n) is 10.1. The molecular weight excluding hydrogens is 507 g/mol. The summed E-state index contributed by atoms with van der Waals surface area (Å²) >= 11 is 3.01. The third-order valence-corrected chi connectivity index (χ3v) is 5.76. The van der Waals surface area contributed by atoms with Crippen LogP contribution in [0.25, 0.3) is 5.69 Å². The third kappa shape index (κ3) is 4.80. The molecule has 174 valence electrons. The number of ether oxygens (including phenoxy) is 1. The second kappa shape index (κ2) is 9.00. The minimum Gasteiger partial charge on any atom is -0.462 e. The highest BCUT2D eigenvalue weighted by Crippen LogP contribution is 2.47. The summed E-state index contributed by atoms with van der Waals surface area (Å²) in [6.07, 6.45) is -1.95. The molecule has 1 saturated carbocycles. The number of halogens is 4. The van der Waals surface area contributed by atoms with Crippen molar-refractivity contribution in [3.63, 3.8) is 0 Å². The van der Waals surface area contributed by atoms with E-state index in [1.165, 1.54) is 10.9 Å². The minimum atomic E-state index is -4.66. The van der Waals surface area contributed by atoms with E-state index in [1.807, 2.05) is 0 Å². The van der Waals surface area contributed by atoms with Crippen molar-refractivity contribution in [2.24, 2.45) is 0 Å². The SMILES string of the molecule is CCOC(=O)c1cnn(-c2ccccc2)c1NC(=O)Cn1nc(C(F)(F)F)c(Br)c1C1CC1. The number of alkyl halides is 3. The Balaban J connectivity index is 1.65. The van der Waals surface area contributed by atoms with E-state index in [9.17, 15) is 22.8 Å². The predicted octanol–water partition coefficient (Wildman–Crippen LogP) is 4.54. The second-order valence-corrected chi connectivity index (χ2v) is 8.19. The quantitative estimate of drug-likeness (QED) is 0.457. The Morgan fingerprint density at radius 3 is 2.55 bits per heavy atom. The molecule has 2 heterocycles. The molecular formula is C21H19BrF3N5O3. The molecule has 1 amide bonds. The van der Waals surface area contributed by atoms with Gasteiger partial charge in [0.2, 0.25) is 5.91 Å². The first-order chi connectivity index (χ1) is 15.7. The van der Waals surface area contributed by atoms with E-state index >= 15 is 0 Å². The van der Waals surface area contributed by atoms with Crippen LogP contribution in [0.2, 0.25) is 0 Å². The van der Waals surface area contributed by atoms with Crippen LogP contribution in [0.5, 0.6) is 0 Å². The van der Waals surface area contributed by atoms with Gasteiger partial charge in [0.05, 0.1) is 28.7 Å². The minimum absolute atomic E-state index is 0.0223. The predicted molar refractivity (Wildman–Crippen MR) is 115 cm³/mol. The number of para-hydroxylation sites is 1. The smallest absolute Gasteiger partial charge is 0.436 e. The van der Waals surface area contributed by atoms with Crippen LogP contribution in [-0.2, 0) is 22.3 Å². The van der Waals surface area contributed by atoms with E-state index < -0.39 is 30.3 Å². The van der Waals surface area contributed by atoms with Crippen molar-refractivity contribution in [2.45, 2.75) is 38.4 Å². The van der Waals surface area contributed by atoms with Gasteiger partial charge in [0.1, 0.15) is 12.1 Å². The van der Waals surface area contributed by atoms with Gasteiger partial charge in [-0.2, -0.15) is 23.4 Å². The summed E-state index contributed by atoms with van der Waals surface area (Å²) in [7, 11) is 0. The molecule has 0 aliphatic heterocycles. The molecule has 1 aliphatic carbocycles. The van der Waals surface area contributed by atoms with Gasteiger partial charge in [-0.3, -0.25) is 9.48 Å². The Morgan fingerprint density at radius 1 is 1.24 bits per heavy atom. The Kier molecular flexibility index (Phi) is 6.28. The summed E-state index contributed by atoms with van der Waals surface area (Å²) < 4.78 is 47.4. The first-order valence-corrected chi connectivity index (χ1v) is 10.9. The number of nitrogens with one attached hydrogen (secondary N) is 1. The normalized spacial score (nSPS) is 13.7. The molecule has 0 unspecified atom stereocenters. The van der Waals surface area contributed by atoms with E-state index in [-0.39, 0.29) is 28.4 Å². The maximum atomic E-state index is 13.4. The summed E-state index contributed by atoms with van der Waals surface area (Å²) in [6.45, 7) is 1.29. The van der Waals surface area contributed by atoms with Gasteiger partial charge < -0.3 is 10.1 Å². The van der Waals surface area contributed by atoms with Crippen molar-refractivity contribution in [3.05, 3.63) is 58.0 Å². The van der Waals surface area contributed by atoms with Crippen molar-refractivity contribution in [1.29, 1.82) is 0 Å². The summed E-state index contributed by atoms with van der Waals surface area (Å²) in [5, 5.41) is 10.4. The zero-order valence-corrected chi connectivity index (χ0v) is 19.0. The molecule has 1 N–H and O–H groups in total. The zero-order chi connectivity index (χ0) is 23.8. The molecule has 0 radical (unpaired) electrons. The van der Waals surface area contributed by atoms with Crippen molar-refractivity contribution in [3.8, 4) is 5.69 Å². The lowest BCUT2D eigenvalue weighted by molar-refractivity contribution is -0.142. The molecule has 1 aromatic carbocycles. The average molecular weight is 526 g/mol. The number of anilines is 1. The van der Waals surface area contributed by atoms with Crippen LogP contribution >= 0.6 is 15.9 Å². The van der Waals surface area contributed by atoms with Crippen LogP contribution in [0.4, 0.5) is 19.0 Å². The van der Waals surface area contributed by atoms with Gasteiger partial charge >= 0.3 is 12.1 Å². The lowest BCUT2D eigenvalue weighted by atomic mass is 10.2. The number of hydrogen-bond donors (Lipinski definition) is 1. The fourth-order valence-corrected chi connectivity index (χ4v) is 4.23. The third-order valence-electron chi connectivity index (χ3n) is 4.98. The number of nitrogens with zero attached hydrogens (tertiary/aromatic N) is 4. The van der Waals surface area contributed by atoms with Gasteiger partial charge in [-0.25, -0.2) is 9.48 Å². The van der Waals surface area contributed by atoms with Gasteiger partial charge in [-0.15, -0.1) is 0 Å². The molecule has 1 fully saturated rings. The Labute approximate surface area is 194 Å². The molecule has 3 aromatic rings. The molecule has 1 aliphatic rings. The molecule has 8 nitrogen and oxygen atoms in total. The molecule has 33 heavy (non-hydrogen) atoms. The highest BCUT2D eigenvalue weighted by atomic mass is 79.9. The fourth-order valence-electron chi connectivity index (χ4n) is 3.40. The molecule has 4 rings (SSSR count). The Bertz CT molecular complexity index is 1190. The monoisotopic (exact) mass is 525 g/mol. The molecule has 0 bridgehead atoms. The number of aromatic nitrogens is 4. The van der Waals surface area contributed by atoms with Gasteiger partial charge in [-0.1, -0.05) is 18.2 Å². The summed E-state index contributed by atoms with van der Waals surface area (Å²) in [5.74, 6) is -1.39. The van der Waals surface area contributed by atoms with Crippen LogP contribution in [0.15, 0.2) is 41.0 Å². The lowest BCUT2D eigenvalue weighted by Crippen LogP contribution is -2.24. The largest absolute Gasteiger partial charge is 0.462 e. The van der Waals surface area contributed by atoms with Crippen molar-refractivity contribution in [2.75, 3.05) is 11.9 Å². The average Bonchev–Trinajstić information content (AvgIpc) is 3.41. The highest BCUT2D eigenvalue weighted by Gasteiger charge is 2.42. The van der Waals surface area contributed by atoms with Crippen molar-refractivity contribution in [1.82, 2.24) is 19.6 Å². The van der Waals surface area contributed by atoms with Crippen LogP contribution < -0.4 is 5.32 Å². The number of esters is 1. The van der Waals surface area contributed by atoms with E-state index in [1.54, 1.807) is 37.3 Å². The van der Waals surface area contributed by atoms with E-state index in [0.717, 1.165) is 17.5 Å². The number of carbonyl (C=O) groups excluding carboxylic acids is 2. The number of benzene rings is 1. The van der Waals surface area contributed by atoms with Gasteiger partial charge in [0.25, 0.3) is 0 Å². The van der Waals surface area contributed by atoms with Crippen LogP contribution in [0.3, 0.4) is 0 Å². The zero-order valence-electron chi connectivity index (χ0n) is 17.4. The summed E-state index contributed by atoms with van der Waals surface area (Å²) in [6, 6.07) is 8.76. The maximum absolute atomic E-state index is 13.4. The van der Waals surface area contributed by atoms with E-state index in [0.29, 0.717) is 11.4 Å². The van der Waals surface area contributed by atoms with Gasteiger partial charge in [-0.05, 0) is 47.8 Å². The standard InChI is InChI=1S/C21H19BrF3N5O3/c1-2-33-20(32)14-10-26-30(13-6-4-3-5-7-13)19(14)27-15(31)11-29-17(12-8-9-12)16(22)18(28-29)21(23,24)25/h3-7,10,12H,2,8-9,11H2,1H3,(H,27,31). The van der Waals surface area contributed by atoms with Crippen LogP contribution in [0.1, 0.15) is 47.4 Å². The maximum Gasteiger partial charge on any atom is 0.436 e. The molecule has 0 atom stereocenters.